The van der Waals surface area contributed by atoms with Crippen LogP contribution in [0.25, 0.3) is 0 Å². The maximum atomic E-state index is 12.9. The van der Waals surface area contributed by atoms with Gasteiger partial charge in [-0.25, -0.2) is 0 Å². The summed E-state index contributed by atoms with van der Waals surface area (Å²) in [5.41, 5.74) is 3.18. The highest BCUT2D eigenvalue weighted by molar-refractivity contribution is 6.32. The number of anilines is 1. The van der Waals surface area contributed by atoms with E-state index in [-0.39, 0.29) is 5.91 Å². The van der Waals surface area contributed by atoms with Crippen LogP contribution in [0.5, 0.6) is 23.0 Å². The minimum absolute atomic E-state index is 0.305. The quantitative estimate of drug-likeness (QED) is 0.263. The van der Waals surface area contributed by atoms with E-state index < -0.39 is 0 Å². The first-order chi connectivity index (χ1) is 17.0. The molecule has 0 radical (unpaired) electrons. The second kappa shape index (κ2) is 11.4. The van der Waals surface area contributed by atoms with E-state index in [4.69, 9.17) is 25.8 Å². The number of aryl methyl sites for hydroxylation is 1. The van der Waals surface area contributed by atoms with Crippen molar-refractivity contribution >= 4 is 23.2 Å². The van der Waals surface area contributed by atoms with Gasteiger partial charge in [0.05, 0.1) is 11.6 Å². The van der Waals surface area contributed by atoms with Crippen LogP contribution in [0.2, 0.25) is 5.02 Å². The standard InChI is InChI=1S/C29H26ClNO4/c1-3-33-27-18-22(17-26(30)28(27)34-19-21-11-9-20(2)10-12-21)29(32)31-23-13-15-25(16-14-23)35-24-7-5-4-6-8-24/h4-18H,3,19H2,1-2H3,(H,31,32). The van der Waals surface area contributed by atoms with Crippen molar-refractivity contribution in [1.29, 1.82) is 0 Å². The number of nitrogens with one attached hydrogen (secondary N) is 1. The molecule has 1 N–H and O–H groups in total. The third-order valence-electron chi connectivity index (χ3n) is 5.17. The highest BCUT2D eigenvalue weighted by Gasteiger charge is 2.17. The number of hydrogen-bond donors (Lipinski definition) is 1. The number of carbonyl (C=O) groups excluding carboxylic acids is 1. The van der Waals surface area contributed by atoms with E-state index >= 15 is 0 Å². The Morgan fingerprint density at radius 3 is 2.23 bits per heavy atom. The average molecular weight is 488 g/mol. The second-order valence-corrected chi connectivity index (χ2v) is 8.29. The molecule has 0 aliphatic heterocycles. The lowest BCUT2D eigenvalue weighted by Gasteiger charge is -2.15. The lowest BCUT2D eigenvalue weighted by atomic mass is 10.1. The molecule has 6 heteroatoms. The molecule has 0 heterocycles. The van der Waals surface area contributed by atoms with Gasteiger partial charge in [0.1, 0.15) is 18.1 Å². The van der Waals surface area contributed by atoms with Crippen LogP contribution in [-0.4, -0.2) is 12.5 Å². The SMILES string of the molecule is CCOc1cc(C(=O)Nc2ccc(Oc3ccccc3)cc2)cc(Cl)c1OCc1ccc(C)cc1. The van der Waals surface area contributed by atoms with Crippen LogP contribution in [0.1, 0.15) is 28.4 Å². The van der Waals surface area contributed by atoms with Gasteiger partial charge in [0.15, 0.2) is 11.5 Å². The van der Waals surface area contributed by atoms with Gasteiger partial charge in [-0.05, 0) is 67.9 Å². The number of hydrogen-bond acceptors (Lipinski definition) is 4. The summed E-state index contributed by atoms with van der Waals surface area (Å²) in [6.07, 6.45) is 0. The van der Waals surface area contributed by atoms with E-state index in [9.17, 15) is 4.79 Å². The van der Waals surface area contributed by atoms with Crippen LogP contribution in [0.3, 0.4) is 0 Å². The number of halogens is 1. The van der Waals surface area contributed by atoms with Gasteiger partial charge in [-0.15, -0.1) is 0 Å². The summed E-state index contributed by atoms with van der Waals surface area (Å²) in [7, 11) is 0. The largest absolute Gasteiger partial charge is 0.490 e. The monoisotopic (exact) mass is 487 g/mol. The molecule has 0 fully saturated rings. The number of amides is 1. The van der Waals surface area contributed by atoms with Crippen molar-refractivity contribution in [2.45, 2.75) is 20.5 Å². The predicted molar refractivity (Wildman–Crippen MR) is 139 cm³/mol. The molecule has 4 rings (SSSR count). The molecule has 0 spiro atoms. The average Bonchev–Trinajstić information content (AvgIpc) is 2.86. The van der Waals surface area contributed by atoms with Crippen molar-refractivity contribution < 1.29 is 19.0 Å². The summed E-state index contributed by atoms with van der Waals surface area (Å²) in [5, 5.41) is 3.18. The lowest BCUT2D eigenvalue weighted by molar-refractivity contribution is 0.102. The molecule has 0 aliphatic carbocycles. The van der Waals surface area contributed by atoms with Gasteiger partial charge < -0.3 is 19.5 Å². The van der Waals surface area contributed by atoms with Crippen molar-refractivity contribution in [1.82, 2.24) is 0 Å². The fourth-order valence-electron chi connectivity index (χ4n) is 3.38. The zero-order chi connectivity index (χ0) is 24.6. The van der Waals surface area contributed by atoms with Gasteiger partial charge in [-0.3, -0.25) is 4.79 Å². The third kappa shape index (κ3) is 6.55. The van der Waals surface area contributed by atoms with E-state index in [1.807, 2.05) is 68.4 Å². The van der Waals surface area contributed by atoms with E-state index in [2.05, 4.69) is 5.32 Å². The summed E-state index contributed by atoms with van der Waals surface area (Å²) in [5.74, 6) is 1.93. The van der Waals surface area contributed by atoms with Gasteiger partial charge >= 0.3 is 0 Å². The molecule has 4 aromatic rings. The smallest absolute Gasteiger partial charge is 0.255 e. The van der Waals surface area contributed by atoms with Crippen molar-refractivity contribution in [3.63, 3.8) is 0 Å². The van der Waals surface area contributed by atoms with Crippen LogP contribution < -0.4 is 19.5 Å². The Morgan fingerprint density at radius 2 is 1.54 bits per heavy atom. The van der Waals surface area contributed by atoms with Crippen molar-refractivity contribution in [2.75, 3.05) is 11.9 Å². The van der Waals surface area contributed by atoms with Gasteiger partial charge in [-0.2, -0.15) is 0 Å². The maximum absolute atomic E-state index is 12.9. The first-order valence-corrected chi connectivity index (χ1v) is 11.7. The maximum Gasteiger partial charge on any atom is 0.255 e. The molecule has 0 aliphatic rings. The molecule has 0 saturated heterocycles. The minimum Gasteiger partial charge on any atom is -0.490 e. The number of para-hydroxylation sites is 1. The number of ether oxygens (including phenoxy) is 3. The Kier molecular flexibility index (Phi) is 7.91. The zero-order valence-corrected chi connectivity index (χ0v) is 20.3. The summed E-state index contributed by atoms with van der Waals surface area (Å²) >= 11 is 6.51. The van der Waals surface area contributed by atoms with E-state index in [0.717, 1.165) is 11.3 Å². The Morgan fingerprint density at radius 1 is 0.857 bits per heavy atom. The highest BCUT2D eigenvalue weighted by atomic mass is 35.5. The normalized spacial score (nSPS) is 10.5. The molecule has 0 aromatic heterocycles. The van der Waals surface area contributed by atoms with Crippen LogP contribution in [0, 0.1) is 6.92 Å². The lowest BCUT2D eigenvalue weighted by Crippen LogP contribution is -2.12. The first kappa shape index (κ1) is 24.2. The highest BCUT2D eigenvalue weighted by Crippen LogP contribution is 2.37. The molecule has 0 saturated carbocycles. The van der Waals surface area contributed by atoms with Crippen molar-refractivity contribution in [3.8, 4) is 23.0 Å². The Balaban J connectivity index is 1.45. The fourth-order valence-corrected chi connectivity index (χ4v) is 3.64. The summed E-state index contributed by atoms with van der Waals surface area (Å²) in [6.45, 7) is 4.64. The zero-order valence-electron chi connectivity index (χ0n) is 19.6. The molecule has 5 nitrogen and oxygen atoms in total. The Labute approximate surface area is 210 Å². The number of carbonyl (C=O) groups is 1. The molecule has 0 bridgehead atoms. The first-order valence-electron chi connectivity index (χ1n) is 11.3. The van der Waals surface area contributed by atoms with E-state index in [1.165, 1.54) is 5.56 Å². The molecule has 4 aromatic carbocycles. The summed E-state index contributed by atoms with van der Waals surface area (Å²) in [4.78, 5) is 12.9. The van der Waals surface area contributed by atoms with Crippen LogP contribution >= 0.6 is 11.6 Å². The fraction of sp³-hybridized carbons (Fsp3) is 0.138. The van der Waals surface area contributed by atoms with Gasteiger partial charge in [0.25, 0.3) is 5.91 Å². The third-order valence-corrected chi connectivity index (χ3v) is 5.45. The van der Waals surface area contributed by atoms with Crippen molar-refractivity contribution in [3.05, 3.63) is 113 Å². The molecule has 0 atom stereocenters. The molecule has 35 heavy (non-hydrogen) atoms. The van der Waals surface area contributed by atoms with Gasteiger partial charge in [0.2, 0.25) is 0 Å². The molecular formula is C29H26ClNO4. The van der Waals surface area contributed by atoms with Gasteiger partial charge in [0, 0.05) is 11.3 Å². The number of benzene rings is 4. The number of rotatable bonds is 9. The Bertz CT molecular complexity index is 1270. The molecule has 1 amide bonds. The summed E-state index contributed by atoms with van der Waals surface area (Å²) < 4.78 is 17.5. The van der Waals surface area contributed by atoms with Crippen molar-refractivity contribution in [2.24, 2.45) is 0 Å². The summed E-state index contributed by atoms with van der Waals surface area (Å²) in [6, 6.07) is 27.9. The van der Waals surface area contributed by atoms with E-state index in [1.54, 1.807) is 36.4 Å². The predicted octanol–water partition coefficient (Wildman–Crippen LogP) is 7.67. The van der Waals surface area contributed by atoms with E-state index in [0.29, 0.717) is 46.7 Å². The second-order valence-electron chi connectivity index (χ2n) is 7.89. The molecule has 0 unspecified atom stereocenters. The van der Waals surface area contributed by atoms with Gasteiger partial charge in [-0.1, -0.05) is 59.6 Å². The van der Waals surface area contributed by atoms with Crippen LogP contribution in [0.15, 0.2) is 91.0 Å². The topological polar surface area (TPSA) is 56.8 Å². The Hall–Kier alpha value is -3.96. The molecule has 178 valence electrons. The van der Waals surface area contributed by atoms with Crippen LogP contribution in [-0.2, 0) is 6.61 Å². The van der Waals surface area contributed by atoms with Crippen LogP contribution in [0.4, 0.5) is 5.69 Å². The molecular weight excluding hydrogens is 462 g/mol. The minimum atomic E-state index is -0.310.